The van der Waals surface area contributed by atoms with Crippen molar-refractivity contribution in [3.05, 3.63) is 34.9 Å². The summed E-state index contributed by atoms with van der Waals surface area (Å²) in [6.45, 7) is 13.7. The second-order valence-electron chi connectivity index (χ2n) is 5.74. The number of hydrogen-bond acceptors (Lipinski definition) is 4. The molecule has 0 radical (unpaired) electrons. The molecule has 1 atom stereocenters. The fourth-order valence-electron chi connectivity index (χ4n) is 3.19. The first-order valence-electron chi connectivity index (χ1n) is 7.93. The third-order valence-corrected chi connectivity index (χ3v) is 4.52. The minimum absolute atomic E-state index is 0.293. The van der Waals surface area contributed by atoms with Gasteiger partial charge in [0, 0.05) is 13.1 Å². The van der Waals surface area contributed by atoms with Gasteiger partial charge in [-0.15, -0.1) is 0 Å². The van der Waals surface area contributed by atoms with Crippen LogP contribution in [0.3, 0.4) is 0 Å². The molecule has 2 N–H and O–H groups in total. The maximum Gasteiger partial charge on any atom is 0.191 e. The molecule has 4 nitrogen and oxygen atoms in total. The van der Waals surface area contributed by atoms with Crippen LogP contribution in [0.25, 0.3) is 0 Å². The lowest BCUT2D eigenvalue weighted by Crippen LogP contribution is -2.42. The van der Waals surface area contributed by atoms with E-state index in [2.05, 4.69) is 60.7 Å². The smallest absolute Gasteiger partial charge is 0.191 e. The summed E-state index contributed by atoms with van der Waals surface area (Å²) < 4.78 is 0. The van der Waals surface area contributed by atoms with Crippen LogP contribution in [0.5, 0.6) is 0 Å². The zero-order valence-corrected chi connectivity index (χ0v) is 13.8. The molecule has 0 saturated carbocycles. The van der Waals surface area contributed by atoms with Gasteiger partial charge in [0.2, 0.25) is 0 Å². The van der Waals surface area contributed by atoms with Gasteiger partial charge in [-0.2, -0.15) is 0 Å². The Morgan fingerprint density at radius 1 is 1.24 bits per heavy atom. The average molecular weight is 288 g/mol. The first kappa shape index (κ1) is 15.8. The Labute approximate surface area is 128 Å². The molecule has 0 fully saturated rings. The van der Waals surface area contributed by atoms with Crippen molar-refractivity contribution >= 4 is 5.96 Å². The molecule has 1 aliphatic heterocycles. The average Bonchev–Trinajstić information content (AvgIpc) is 2.81. The molecule has 0 aliphatic carbocycles. The van der Waals surface area contributed by atoms with Crippen molar-refractivity contribution < 1.29 is 0 Å². The van der Waals surface area contributed by atoms with Gasteiger partial charge in [0.05, 0.1) is 12.6 Å². The summed E-state index contributed by atoms with van der Waals surface area (Å²) in [5.74, 6) is 0.690. The molecule has 0 aromatic heterocycles. The van der Waals surface area contributed by atoms with Crippen LogP contribution in [0.4, 0.5) is 0 Å². The summed E-state index contributed by atoms with van der Waals surface area (Å²) in [5, 5.41) is 0. The highest BCUT2D eigenvalue weighted by molar-refractivity contribution is 5.80. The number of benzene rings is 1. The lowest BCUT2D eigenvalue weighted by Gasteiger charge is -2.31. The second-order valence-corrected chi connectivity index (χ2v) is 5.74. The predicted octanol–water partition coefficient (Wildman–Crippen LogP) is 2.32. The zero-order valence-electron chi connectivity index (χ0n) is 13.8. The van der Waals surface area contributed by atoms with Crippen LogP contribution in [0.1, 0.15) is 36.6 Å². The third kappa shape index (κ3) is 3.38. The molecule has 0 bridgehead atoms. The van der Waals surface area contributed by atoms with E-state index in [1.54, 1.807) is 0 Å². The number of rotatable bonds is 6. The van der Waals surface area contributed by atoms with Crippen LogP contribution in [0, 0.1) is 13.8 Å². The first-order valence-corrected chi connectivity index (χ1v) is 7.93. The number of likely N-dealkylation sites (N-methyl/N-ethyl adjacent to an activating group) is 1. The first-order chi connectivity index (χ1) is 10.1. The van der Waals surface area contributed by atoms with Gasteiger partial charge in [-0.1, -0.05) is 32.0 Å². The van der Waals surface area contributed by atoms with Crippen molar-refractivity contribution in [3.63, 3.8) is 0 Å². The highest BCUT2D eigenvalue weighted by Crippen LogP contribution is 2.30. The number of hydrogen-bond donors (Lipinski definition) is 1. The van der Waals surface area contributed by atoms with Gasteiger partial charge in [0.1, 0.15) is 0 Å². The molecule has 0 saturated heterocycles. The van der Waals surface area contributed by atoms with E-state index >= 15 is 0 Å². The Hall–Kier alpha value is -1.55. The standard InChI is InChI=1S/C17H28N4/c1-5-20(6-2)10-11-21-15(12-19-17(21)18)16-13(3)8-7-9-14(16)4/h7-9,15H,5-6,10-12H2,1-4H3,(H2,18,19). The van der Waals surface area contributed by atoms with Crippen molar-refractivity contribution in [2.24, 2.45) is 10.7 Å². The van der Waals surface area contributed by atoms with Gasteiger partial charge in [-0.3, -0.25) is 4.99 Å². The molecule has 2 rings (SSSR count). The van der Waals surface area contributed by atoms with Gasteiger partial charge in [0.15, 0.2) is 5.96 Å². The SMILES string of the molecule is CCN(CC)CCN1C(N)=NCC1c1c(C)cccc1C. The van der Waals surface area contributed by atoms with Crippen LogP contribution >= 0.6 is 0 Å². The monoisotopic (exact) mass is 288 g/mol. The molecule has 0 spiro atoms. The minimum atomic E-state index is 0.293. The lowest BCUT2D eigenvalue weighted by molar-refractivity contribution is 0.248. The van der Waals surface area contributed by atoms with Crippen LogP contribution in [0.2, 0.25) is 0 Å². The van der Waals surface area contributed by atoms with E-state index < -0.39 is 0 Å². The van der Waals surface area contributed by atoms with E-state index in [4.69, 9.17) is 5.73 Å². The highest BCUT2D eigenvalue weighted by atomic mass is 15.3. The van der Waals surface area contributed by atoms with E-state index in [0.717, 1.165) is 32.7 Å². The van der Waals surface area contributed by atoms with Gasteiger partial charge in [0.25, 0.3) is 0 Å². The summed E-state index contributed by atoms with van der Waals surface area (Å²) in [7, 11) is 0. The normalized spacial score (nSPS) is 18.4. The fraction of sp³-hybridized carbons (Fsp3) is 0.588. The quantitative estimate of drug-likeness (QED) is 0.873. The molecule has 1 aliphatic rings. The summed E-state index contributed by atoms with van der Waals surface area (Å²) in [6, 6.07) is 6.77. The topological polar surface area (TPSA) is 44.9 Å². The van der Waals surface area contributed by atoms with Crippen LogP contribution in [-0.4, -0.2) is 48.5 Å². The Morgan fingerprint density at radius 3 is 2.43 bits per heavy atom. The molecule has 4 heteroatoms. The highest BCUT2D eigenvalue weighted by Gasteiger charge is 2.29. The molecule has 0 amide bonds. The molecular weight excluding hydrogens is 260 g/mol. The fourth-order valence-corrected chi connectivity index (χ4v) is 3.19. The third-order valence-electron chi connectivity index (χ3n) is 4.52. The Kier molecular flexibility index (Phi) is 5.23. The Bertz CT molecular complexity index is 485. The molecule has 116 valence electrons. The van der Waals surface area contributed by atoms with E-state index in [1.807, 2.05) is 0 Å². The number of guanidine groups is 1. The van der Waals surface area contributed by atoms with Crippen LogP contribution < -0.4 is 5.73 Å². The van der Waals surface area contributed by atoms with Crippen LogP contribution in [0.15, 0.2) is 23.2 Å². The largest absolute Gasteiger partial charge is 0.370 e. The number of aliphatic imine (C=N–C) groups is 1. The van der Waals surface area contributed by atoms with Crippen molar-refractivity contribution in [3.8, 4) is 0 Å². The second kappa shape index (κ2) is 6.94. The molecular formula is C17H28N4. The van der Waals surface area contributed by atoms with Crippen molar-refractivity contribution in [2.75, 3.05) is 32.7 Å². The van der Waals surface area contributed by atoms with E-state index in [0.29, 0.717) is 12.0 Å². The summed E-state index contributed by atoms with van der Waals surface area (Å²) in [5.41, 5.74) is 10.2. The number of aryl methyl sites for hydroxylation is 2. The number of nitrogens with two attached hydrogens (primary N) is 1. The van der Waals surface area contributed by atoms with Crippen LogP contribution in [-0.2, 0) is 0 Å². The Morgan fingerprint density at radius 2 is 1.86 bits per heavy atom. The van der Waals surface area contributed by atoms with Crippen molar-refractivity contribution in [1.29, 1.82) is 0 Å². The van der Waals surface area contributed by atoms with E-state index in [-0.39, 0.29) is 0 Å². The van der Waals surface area contributed by atoms with Gasteiger partial charge in [-0.25, -0.2) is 0 Å². The molecule has 1 unspecified atom stereocenters. The summed E-state index contributed by atoms with van der Waals surface area (Å²) >= 11 is 0. The lowest BCUT2D eigenvalue weighted by atomic mass is 9.95. The maximum atomic E-state index is 6.13. The van der Waals surface area contributed by atoms with E-state index in [1.165, 1.54) is 16.7 Å². The maximum absolute atomic E-state index is 6.13. The number of nitrogens with zero attached hydrogens (tertiary/aromatic N) is 3. The van der Waals surface area contributed by atoms with E-state index in [9.17, 15) is 0 Å². The molecule has 1 aromatic carbocycles. The zero-order chi connectivity index (χ0) is 15.4. The summed E-state index contributed by atoms with van der Waals surface area (Å²) in [6.07, 6.45) is 0. The van der Waals surface area contributed by atoms with Crippen molar-refractivity contribution in [1.82, 2.24) is 9.80 Å². The van der Waals surface area contributed by atoms with Gasteiger partial charge in [-0.05, 0) is 43.6 Å². The molecule has 1 aromatic rings. The van der Waals surface area contributed by atoms with Gasteiger partial charge < -0.3 is 15.5 Å². The summed E-state index contributed by atoms with van der Waals surface area (Å²) in [4.78, 5) is 9.18. The molecule has 1 heterocycles. The minimum Gasteiger partial charge on any atom is -0.370 e. The van der Waals surface area contributed by atoms with Gasteiger partial charge >= 0.3 is 0 Å². The van der Waals surface area contributed by atoms with Crippen molar-refractivity contribution in [2.45, 2.75) is 33.7 Å². The predicted molar refractivity (Wildman–Crippen MR) is 89.6 cm³/mol. The Balaban J connectivity index is 2.16. The molecule has 21 heavy (non-hydrogen) atoms.